The SMILES string of the molecule is CNC(=O)[C@@H](NC(=O)c1ccc(S(=O)(=O)NCc2ccco2)cc1)c1ccccc1. The average molecular weight is 427 g/mol. The summed E-state index contributed by atoms with van der Waals surface area (Å²) in [7, 11) is -2.28. The van der Waals surface area contributed by atoms with Crippen LogP contribution in [0.1, 0.15) is 27.7 Å². The molecule has 3 N–H and O–H groups in total. The quantitative estimate of drug-likeness (QED) is 0.508. The molecule has 0 aliphatic heterocycles. The Labute approximate surface area is 174 Å². The third kappa shape index (κ3) is 5.13. The van der Waals surface area contributed by atoms with E-state index in [4.69, 9.17) is 4.42 Å². The summed E-state index contributed by atoms with van der Waals surface area (Å²) >= 11 is 0. The van der Waals surface area contributed by atoms with Crippen LogP contribution in [0.4, 0.5) is 0 Å². The van der Waals surface area contributed by atoms with E-state index < -0.39 is 22.0 Å². The largest absolute Gasteiger partial charge is 0.468 e. The number of sulfonamides is 1. The van der Waals surface area contributed by atoms with E-state index >= 15 is 0 Å². The van der Waals surface area contributed by atoms with Crippen molar-refractivity contribution in [2.24, 2.45) is 0 Å². The molecule has 1 aromatic heterocycles. The van der Waals surface area contributed by atoms with Crippen LogP contribution in [-0.2, 0) is 21.4 Å². The van der Waals surface area contributed by atoms with Gasteiger partial charge in [0.15, 0.2) is 0 Å². The molecule has 156 valence electrons. The first kappa shape index (κ1) is 21.3. The van der Waals surface area contributed by atoms with Crippen LogP contribution >= 0.6 is 0 Å². The number of carbonyl (C=O) groups excluding carboxylic acids is 2. The lowest BCUT2D eigenvalue weighted by Gasteiger charge is -2.18. The van der Waals surface area contributed by atoms with Gasteiger partial charge in [-0.25, -0.2) is 13.1 Å². The standard InChI is InChI=1S/C21H21N3O5S/c1-22-21(26)19(15-6-3-2-4-7-15)24-20(25)16-9-11-18(12-10-16)30(27,28)23-14-17-8-5-13-29-17/h2-13,19,23H,14H2,1H3,(H,22,26)(H,24,25)/t19-/m0/s1. The Morgan fingerprint density at radius 3 is 2.27 bits per heavy atom. The van der Waals surface area contributed by atoms with Crippen molar-refractivity contribution in [2.75, 3.05) is 7.05 Å². The predicted octanol–water partition coefficient (Wildman–Crippen LogP) is 1.98. The number of amides is 2. The number of benzene rings is 2. The molecule has 0 unspecified atom stereocenters. The topological polar surface area (TPSA) is 118 Å². The van der Waals surface area contributed by atoms with Gasteiger partial charge >= 0.3 is 0 Å². The highest BCUT2D eigenvalue weighted by Crippen LogP contribution is 2.16. The average Bonchev–Trinajstić information content (AvgIpc) is 3.30. The van der Waals surface area contributed by atoms with Gasteiger partial charge in [-0.3, -0.25) is 9.59 Å². The first-order chi connectivity index (χ1) is 14.4. The van der Waals surface area contributed by atoms with Crippen LogP contribution in [-0.4, -0.2) is 27.3 Å². The lowest BCUT2D eigenvalue weighted by molar-refractivity contribution is -0.122. The minimum atomic E-state index is -3.77. The molecule has 2 amide bonds. The minimum absolute atomic E-state index is 0.0107. The lowest BCUT2D eigenvalue weighted by Crippen LogP contribution is -2.39. The van der Waals surface area contributed by atoms with Crippen LogP contribution < -0.4 is 15.4 Å². The Hall–Kier alpha value is -3.43. The van der Waals surface area contributed by atoms with Crippen molar-refractivity contribution in [3.8, 4) is 0 Å². The molecule has 0 spiro atoms. The Bertz CT molecular complexity index is 1100. The van der Waals surface area contributed by atoms with Gasteiger partial charge < -0.3 is 15.1 Å². The zero-order valence-electron chi connectivity index (χ0n) is 16.2. The molecule has 0 saturated carbocycles. The van der Waals surface area contributed by atoms with Gasteiger partial charge in [0.25, 0.3) is 5.91 Å². The van der Waals surface area contributed by atoms with Crippen LogP contribution in [0.3, 0.4) is 0 Å². The molecule has 0 saturated heterocycles. The lowest BCUT2D eigenvalue weighted by atomic mass is 10.1. The third-order valence-electron chi connectivity index (χ3n) is 4.36. The van der Waals surface area contributed by atoms with E-state index in [0.717, 1.165) is 0 Å². The van der Waals surface area contributed by atoms with Crippen LogP contribution in [0.5, 0.6) is 0 Å². The number of rotatable bonds is 8. The van der Waals surface area contributed by atoms with Gasteiger partial charge in [0.1, 0.15) is 11.8 Å². The van der Waals surface area contributed by atoms with Gasteiger partial charge in [0.05, 0.1) is 17.7 Å². The van der Waals surface area contributed by atoms with Crippen molar-refractivity contribution in [3.63, 3.8) is 0 Å². The maximum Gasteiger partial charge on any atom is 0.252 e. The molecule has 3 rings (SSSR count). The van der Waals surface area contributed by atoms with Gasteiger partial charge in [0.2, 0.25) is 15.9 Å². The van der Waals surface area contributed by atoms with E-state index in [1.54, 1.807) is 36.4 Å². The molecule has 1 heterocycles. The molecule has 0 fully saturated rings. The molecule has 8 nitrogen and oxygen atoms in total. The highest BCUT2D eigenvalue weighted by atomic mass is 32.2. The number of likely N-dealkylation sites (N-methyl/N-ethyl adjacent to an activating group) is 1. The summed E-state index contributed by atoms with van der Waals surface area (Å²) in [5.74, 6) is -0.383. The number of carbonyl (C=O) groups is 2. The summed E-state index contributed by atoms with van der Waals surface area (Å²) in [6, 6.07) is 16.7. The summed E-state index contributed by atoms with van der Waals surface area (Å²) in [5, 5.41) is 5.20. The molecular weight excluding hydrogens is 406 g/mol. The Kier molecular flexibility index (Phi) is 6.65. The first-order valence-electron chi connectivity index (χ1n) is 9.10. The molecule has 0 aliphatic carbocycles. The molecule has 0 aliphatic rings. The Morgan fingerprint density at radius 1 is 0.967 bits per heavy atom. The van der Waals surface area contributed by atoms with Crippen LogP contribution in [0.2, 0.25) is 0 Å². The van der Waals surface area contributed by atoms with Crippen molar-refractivity contribution in [1.82, 2.24) is 15.4 Å². The fraction of sp³-hybridized carbons (Fsp3) is 0.143. The second kappa shape index (κ2) is 9.38. The maximum atomic E-state index is 12.6. The van der Waals surface area contributed by atoms with Crippen LogP contribution in [0, 0.1) is 0 Å². The van der Waals surface area contributed by atoms with Gasteiger partial charge in [-0.15, -0.1) is 0 Å². The molecule has 9 heteroatoms. The first-order valence-corrected chi connectivity index (χ1v) is 10.6. The van der Waals surface area contributed by atoms with Crippen molar-refractivity contribution >= 4 is 21.8 Å². The summed E-state index contributed by atoms with van der Waals surface area (Å²) in [6.45, 7) is 0.0163. The molecule has 0 bridgehead atoms. The smallest absolute Gasteiger partial charge is 0.252 e. The fourth-order valence-electron chi connectivity index (χ4n) is 2.75. The Balaban J connectivity index is 1.71. The molecule has 2 aromatic carbocycles. The predicted molar refractivity (Wildman–Crippen MR) is 110 cm³/mol. The molecule has 0 radical (unpaired) electrons. The summed E-state index contributed by atoms with van der Waals surface area (Å²) in [6.07, 6.45) is 1.46. The van der Waals surface area contributed by atoms with E-state index in [-0.39, 0.29) is 22.9 Å². The van der Waals surface area contributed by atoms with Gasteiger partial charge in [-0.2, -0.15) is 0 Å². The van der Waals surface area contributed by atoms with E-state index in [9.17, 15) is 18.0 Å². The normalized spacial score (nSPS) is 12.2. The molecule has 30 heavy (non-hydrogen) atoms. The summed E-state index contributed by atoms with van der Waals surface area (Å²) in [5.41, 5.74) is 0.858. The summed E-state index contributed by atoms with van der Waals surface area (Å²) < 4.78 is 32.3. The minimum Gasteiger partial charge on any atom is -0.468 e. The second-order valence-corrected chi connectivity index (χ2v) is 8.13. The van der Waals surface area contributed by atoms with E-state index in [0.29, 0.717) is 11.3 Å². The zero-order chi connectivity index (χ0) is 21.6. The number of furan rings is 1. The number of hydrogen-bond acceptors (Lipinski definition) is 5. The monoisotopic (exact) mass is 427 g/mol. The fourth-order valence-corrected chi connectivity index (χ4v) is 3.75. The highest BCUT2D eigenvalue weighted by Gasteiger charge is 2.22. The molecular formula is C21H21N3O5S. The van der Waals surface area contributed by atoms with Gasteiger partial charge in [-0.05, 0) is 42.0 Å². The number of nitrogens with one attached hydrogen (secondary N) is 3. The van der Waals surface area contributed by atoms with Crippen molar-refractivity contribution in [3.05, 3.63) is 89.9 Å². The second-order valence-electron chi connectivity index (χ2n) is 6.36. The van der Waals surface area contributed by atoms with Gasteiger partial charge in [-0.1, -0.05) is 30.3 Å². The van der Waals surface area contributed by atoms with E-state index in [1.165, 1.54) is 37.6 Å². The van der Waals surface area contributed by atoms with Crippen molar-refractivity contribution in [2.45, 2.75) is 17.5 Å². The molecule has 3 aromatic rings. The van der Waals surface area contributed by atoms with E-state index in [1.807, 2.05) is 6.07 Å². The molecule has 1 atom stereocenters. The zero-order valence-corrected chi connectivity index (χ0v) is 17.0. The Morgan fingerprint density at radius 2 is 1.67 bits per heavy atom. The third-order valence-corrected chi connectivity index (χ3v) is 5.78. The number of hydrogen-bond donors (Lipinski definition) is 3. The maximum absolute atomic E-state index is 12.6. The van der Waals surface area contributed by atoms with E-state index in [2.05, 4.69) is 15.4 Å². The summed E-state index contributed by atoms with van der Waals surface area (Å²) in [4.78, 5) is 24.8. The van der Waals surface area contributed by atoms with Crippen LogP contribution in [0.15, 0.2) is 82.3 Å². The van der Waals surface area contributed by atoms with Gasteiger partial charge in [0, 0.05) is 12.6 Å². The van der Waals surface area contributed by atoms with Crippen molar-refractivity contribution in [1.29, 1.82) is 0 Å². The van der Waals surface area contributed by atoms with Crippen molar-refractivity contribution < 1.29 is 22.4 Å². The highest BCUT2D eigenvalue weighted by molar-refractivity contribution is 7.89. The van der Waals surface area contributed by atoms with Crippen LogP contribution in [0.25, 0.3) is 0 Å².